The minimum Gasteiger partial charge on any atom is -0.298 e. The highest BCUT2D eigenvalue weighted by atomic mass is 79.9. The van der Waals surface area contributed by atoms with Crippen molar-refractivity contribution >= 4 is 15.9 Å². The molecule has 84 valence electrons. The van der Waals surface area contributed by atoms with E-state index in [1.54, 1.807) is 0 Å². The van der Waals surface area contributed by atoms with Crippen LogP contribution in [0.25, 0.3) is 0 Å². The molecule has 0 bridgehead atoms. The summed E-state index contributed by atoms with van der Waals surface area (Å²) < 4.78 is 25.9. The molecule has 0 saturated carbocycles. The maximum Gasteiger partial charge on any atom is 0.281 e. The molecule has 15 heavy (non-hydrogen) atoms. The zero-order valence-electron chi connectivity index (χ0n) is 8.38. The van der Waals surface area contributed by atoms with Gasteiger partial charge >= 0.3 is 0 Å². The van der Waals surface area contributed by atoms with Gasteiger partial charge in [-0.3, -0.25) is 9.36 Å². The third-order valence-electron chi connectivity index (χ3n) is 1.78. The van der Waals surface area contributed by atoms with Crippen molar-refractivity contribution in [2.45, 2.75) is 26.8 Å². The highest BCUT2D eigenvalue weighted by molar-refractivity contribution is 9.10. The molecule has 0 aromatic carbocycles. The minimum atomic E-state index is -2.74. The Hall–Kier alpha value is -0.780. The molecule has 0 aliphatic heterocycles. The second-order valence-electron chi connectivity index (χ2n) is 3.60. The summed E-state index contributed by atoms with van der Waals surface area (Å²) in [5.74, 6) is 0.258. The first-order chi connectivity index (χ1) is 6.93. The van der Waals surface area contributed by atoms with Gasteiger partial charge in [0.1, 0.15) is 10.2 Å². The summed E-state index contributed by atoms with van der Waals surface area (Å²) >= 11 is 2.85. The lowest BCUT2D eigenvalue weighted by Gasteiger charge is -2.09. The molecule has 1 aromatic rings. The number of hydrogen-bond acceptors (Lipinski definition) is 2. The van der Waals surface area contributed by atoms with Crippen molar-refractivity contribution in [1.82, 2.24) is 9.55 Å². The van der Waals surface area contributed by atoms with Gasteiger partial charge in [0.15, 0.2) is 0 Å². The van der Waals surface area contributed by atoms with Crippen LogP contribution >= 0.6 is 15.9 Å². The van der Waals surface area contributed by atoms with Crippen LogP contribution in [-0.4, -0.2) is 9.55 Å². The number of rotatable bonds is 3. The van der Waals surface area contributed by atoms with E-state index < -0.39 is 17.7 Å². The van der Waals surface area contributed by atoms with Gasteiger partial charge in [-0.2, -0.15) is 0 Å². The van der Waals surface area contributed by atoms with Crippen LogP contribution in [0.15, 0.2) is 15.6 Å². The molecule has 0 N–H and O–H groups in total. The van der Waals surface area contributed by atoms with Gasteiger partial charge in [0.2, 0.25) is 0 Å². The molecule has 0 aliphatic carbocycles. The lowest BCUT2D eigenvalue weighted by atomic mass is 10.2. The van der Waals surface area contributed by atoms with Crippen LogP contribution in [0.1, 0.15) is 26.0 Å². The van der Waals surface area contributed by atoms with Crippen molar-refractivity contribution in [2.24, 2.45) is 5.92 Å². The van der Waals surface area contributed by atoms with E-state index in [0.29, 0.717) is 6.54 Å². The summed E-state index contributed by atoms with van der Waals surface area (Å²) in [7, 11) is 0. The quantitative estimate of drug-likeness (QED) is 0.853. The van der Waals surface area contributed by atoms with E-state index in [1.807, 2.05) is 13.8 Å². The Balaban J connectivity index is 3.16. The molecule has 1 aromatic heterocycles. The molecule has 0 saturated heterocycles. The van der Waals surface area contributed by atoms with Gasteiger partial charge in [0, 0.05) is 6.54 Å². The molecule has 1 rings (SSSR count). The van der Waals surface area contributed by atoms with Crippen LogP contribution in [0, 0.1) is 5.92 Å². The fraction of sp³-hybridized carbons (Fsp3) is 0.556. The van der Waals surface area contributed by atoms with Crippen LogP contribution in [-0.2, 0) is 6.54 Å². The van der Waals surface area contributed by atoms with E-state index in [2.05, 4.69) is 20.9 Å². The first-order valence-electron chi connectivity index (χ1n) is 4.46. The monoisotopic (exact) mass is 280 g/mol. The van der Waals surface area contributed by atoms with Gasteiger partial charge in [-0.1, -0.05) is 13.8 Å². The van der Waals surface area contributed by atoms with E-state index in [4.69, 9.17) is 0 Å². The molecule has 3 nitrogen and oxygen atoms in total. The van der Waals surface area contributed by atoms with Crippen molar-refractivity contribution < 1.29 is 8.78 Å². The lowest BCUT2D eigenvalue weighted by Crippen LogP contribution is -2.24. The molecule has 6 heteroatoms. The summed E-state index contributed by atoms with van der Waals surface area (Å²) in [5.41, 5.74) is -0.964. The highest BCUT2D eigenvalue weighted by Gasteiger charge is 2.17. The maximum absolute atomic E-state index is 12.4. The molecule has 0 fully saturated rings. The molecular formula is C9H11BrF2N2O. The molecule has 0 radical (unpaired) electrons. The Morgan fingerprint density at radius 3 is 2.60 bits per heavy atom. The van der Waals surface area contributed by atoms with Crippen LogP contribution in [0.5, 0.6) is 0 Å². The van der Waals surface area contributed by atoms with E-state index in [1.165, 1.54) is 4.57 Å². The third kappa shape index (κ3) is 2.84. The van der Waals surface area contributed by atoms with Gasteiger partial charge < -0.3 is 0 Å². The predicted molar refractivity (Wildman–Crippen MR) is 56.0 cm³/mol. The number of hydrogen-bond donors (Lipinski definition) is 0. The lowest BCUT2D eigenvalue weighted by molar-refractivity contribution is 0.144. The zero-order valence-corrected chi connectivity index (χ0v) is 9.96. The van der Waals surface area contributed by atoms with Crippen LogP contribution in [0.2, 0.25) is 0 Å². The number of aromatic nitrogens is 2. The summed E-state index contributed by atoms with van der Waals surface area (Å²) in [4.78, 5) is 15.1. The van der Waals surface area contributed by atoms with Crippen molar-refractivity contribution in [2.75, 3.05) is 0 Å². The predicted octanol–water partition coefficient (Wildman–Crippen LogP) is 2.60. The van der Waals surface area contributed by atoms with E-state index in [-0.39, 0.29) is 10.4 Å². The Morgan fingerprint density at radius 2 is 2.13 bits per heavy atom. The number of nitrogens with zero attached hydrogens (tertiary/aromatic N) is 2. The smallest absolute Gasteiger partial charge is 0.281 e. The standard InChI is InChI=1S/C9H11BrF2N2O/c1-5(2)3-14-4-13-7(8(11)12)6(10)9(14)15/h4-5,8H,3H2,1-2H3. The summed E-state index contributed by atoms with van der Waals surface area (Å²) in [6, 6.07) is 0. The van der Waals surface area contributed by atoms with Crippen LogP contribution < -0.4 is 5.56 Å². The summed E-state index contributed by atoms with van der Waals surface area (Å²) in [5, 5.41) is 0. The molecule has 0 spiro atoms. The number of alkyl halides is 2. The molecule has 0 atom stereocenters. The Labute approximate surface area is 94.3 Å². The van der Waals surface area contributed by atoms with Crippen molar-refractivity contribution in [3.63, 3.8) is 0 Å². The van der Waals surface area contributed by atoms with Gasteiger partial charge in [0.05, 0.1) is 6.33 Å². The van der Waals surface area contributed by atoms with E-state index >= 15 is 0 Å². The molecule has 0 aliphatic rings. The second kappa shape index (κ2) is 4.83. The molecule has 0 amide bonds. The van der Waals surface area contributed by atoms with Crippen molar-refractivity contribution in [3.8, 4) is 0 Å². The van der Waals surface area contributed by atoms with Crippen molar-refractivity contribution in [1.29, 1.82) is 0 Å². The van der Waals surface area contributed by atoms with Gasteiger partial charge in [-0.05, 0) is 21.8 Å². The SMILES string of the molecule is CC(C)Cn1cnc(C(F)F)c(Br)c1=O. The maximum atomic E-state index is 12.4. The Morgan fingerprint density at radius 1 is 1.53 bits per heavy atom. The Bertz CT molecular complexity index is 404. The van der Waals surface area contributed by atoms with Gasteiger partial charge in [0.25, 0.3) is 12.0 Å². The fourth-order valence-electron chi connectivity index (χ4n) is 1.15. The average Bonchev–Trinajstić information content (AvgIpc) is 2.12. The average molecular weight is 281 g/mol. The first-order valence-corrected chi connectivity index (χ1v) is 5.25. The first kappa shape index (κ1) is 12.3. The zero-order chi connectivity index (χ0) is 11.6. The fourth-order valence-corrected chi connectivity index (χ4v) is 1.66. The van der Waals surface area contributed by atoms with Crippen LogP contribution in [0.4, 0.5) is 8.78 Å². The minimum absolute atomic E-state index is 0.152. The summed E-state index contributed by atoms with van der Waals surface area (Å²) in [6.07, 6.45) is -1.57. The molecule has 0 unspecified atom stereocenters. The van der Waals surface area contributed by atoms with Gasteiger partial charge in [-0.25, -0.2) is 13.8 Å². The molecular weight excluding hydrogens is 270 g/mol. The van der Waals surface area contributed by atoms with Crippen molar-refractivity contribution in [3.05, 3.63) is 26.8 Å². The second-order valence-corrected chi connectivity index (χ2v) is 4.39. The third-order valence-corrected chi connectivity index (χ3v) is 2.52. The normalized spacial score (nSPS) is 11.4. The van der Waals surface area contributed by atoms with Crippen LogP contribution in [0.3, 0.4) is 0 Å². The van der Waals surface area contributed by atoms with E-state index in [9.17, 15) is 13.6 Å². The topological polar surface area (TPSA) is 34.9 Å². The Kier molecular flexibility index (Phi) is 3.96. The molecule has 1 heterocycles. The van der Waals surface area contributed by atoms with E-state index in [0.717, 1.165) is 6.33 Å². The highest BCUT2D eigenvalue weighted by Crippen LogP contribution is 2.21. The number of halogens is 3. The largest absolute Gasteiger partial charge is 0.298 e. The summed E-state index contributed by atoms with van der Waals surface area (Å²) in [6.45, 7) is 4.33. The van der Waals surface area contributed by atoms with Gasteiger partial charge in [-0.15, -0.1) is 0 Å².